The molecule has 3 aromatic carbocycles. The Morgan fingerprint density at radius 1 is 0.880 bits per heavy atom. The number of hydrogen-bond donors (Lipinski definition) is 1. The largest absolute Gasteiger partial charge is 0.369 e. The van der Waals surface area contributed by atoms with Crippen molar-refractivity contribution >= 4 is 63.8 Å². The second kappa shape index (κ2) is 6.82. The molecule has 4 rings (SSSR count). The second-order valence-electron chi connectivity index (χ2n) is 5.90. The summed E-state index contributed by atoms with van der Waals surface area (Å²) in [5.41, 5.74) is 6.31. The number of amides is 1. The smallest absolute Gasteiger partial charge is 0.235 e. The van der Waals surface area contributed by atoms with Crippen LogP contribution in [0.1, 0.15) is 15.9 Å². The molecule has 0 fully saturated rings. The van der Waals surface area contributed by atoms with Crippen LogP contribution in [0.4, 0.5) is 0 Å². The summed E-state index contributed by atoms with van der Waals surface area (Å²) in [7, 11) is 0. The summed E-state index contributed by atoms with van der Waals surface area (Å²) in [5.74, 6) is -3.13. The lowest BCUT2D eigenvalue weighted by molar-refractivity contribution is -0.129. The number of Topliss-reactive ketones (excluding diaryl/α,β-unsaturated/α-hetero) is 2. The lowest BCUT2D eigenvalue weighted by atomic mass is 9.80. The highest BCUT2D eigenvalue weighted by atomic mass is 35.5. The second-order valence-corrected chi connectivity index (χ2v) is 5.90. The number of ketones is 2. The molecule has 1 amide bonds. The first-order chi connectivity index (χ1) is 11.0. The first kappa shape index (κ1) is 18.9. The van der Waals surface area contributed by atoms with Crippen LogP contribution in [-0.4, -0.2) is 17.5 Å². The van der Waals surface area contributed by atoms with E-state index in [0.717, 1.165) is 21.5 Å². The predicted molar refractivity (Wildman–Crippen MR) is 102 cm³/mol. The SMILES string of the molecule is Cl.Cl.NC(=O)C1C(=O)Cc2cc3cc4ccccc4cc3cc2C1=O. The molecule has 0 spiro atoms. The highest BCUT2D eigenvalue weighted by molar-refractivity contribution is 6.27. The Hall–Kier alpha value is -2.43. The molecule has 3 aromatic rings. The Balaban J connectivity index is 0.00000113. The van der Waals surface area contributed by atoms with Gasteiger partial charge in [-0.25, -0.2) is 0 Å². The number of halogens is 2. The van der Waals surface area contributed by atoms with Crippen molar-refractivity contribution in [3.8, 4) is 0 Å². The van der Waals surface area contributed by atoms with E-state index >= 15 is 0 Å². The highest BCUT2D eigenvalue weighted by Gasteiger charge is 2.38. The molecule has 4 nitrogen and oxygen atoms in total. The van der Waals surface area contributed by atoms with Gasteiger partial charge in [-0.15, -0.1) is 24.8 Å². The molecule has 0 saturated carbocycles. The van der Waals surface area contributed by atoms with E-state index in [1.165, 1.54) is 0 Å². The molecular weight excluding hydrogens is 361 g/mol. The van der Waals surface area contributed by atoms with Crippen LogP contribution in [0, 0.1) is 5.92 Å². The van der Waals surface area contributed by atoms with Crippen LogP contribution in [0.2, 0.25) is 0 Å². The molecule has 0 aromatic heterocycles. The summed E-state index contributed by atoms with van der Waals surface area (Å²) in [6, 6.07) is 15.6. The van der Waals surface area contributed by atoms with Gasteiger partial charge >= 0.3 is 0 Å². The number of benzene rings is 3. The number of fused-ring (bicyclic) bond motifs is 3. The molecule has 6 heteroatoms. The molecule has 1 atom stereocenters. The molecule has 128 valence electrons. The Labute approximate surface area is 156 Å². The third-order valence-electron chi connectivity index (χ3n) is 4.43. The van der Waals surface area contributed by atoms with Gasteiger partial charge in [0.25, 0.3) is 0 Å². The molecule has 2 N–H and O–H groups in total. The van der Waals surface area contributed by atoms with Gasteiger partial charge in [0.05, 0.1) is 0 Å². The highest BCUT2D eigenvalue weighted by Crippen LogP contribution is 2.30. The van der Waals surface area contributed by atoms with Gasteiger partial charge in [-0.3, -0.25) is 14.4 Å². The van der Waals surface area contributed by atoms with Gasteiger partial charge < -0.3 is 5.73 Å². The number of carbonyl (C=O) groups is 3. The number of rotatable bonds is 1. The molecule has 0 aliphatic heterocycles. The van der Waals surface area contributed by atoms with E-state index in [1.807, 2.05) is 42.5 Å². The number of carbonyl (C=O) groups excluding carboxylic acids is 3. The Kier molecular flexibility index (Phi) is 5.16. The van der Waals surface area contributed by atoms with E-state index in [0.29, 0.717) is 11.1 Å². The van der Waals surface area contributed by atoms with Crippen molar-refractivity contribution in [2.24, 2.45) is 11.7 Å². The molecule has 0 heterocycles. The van der Waals surface area contributed by atoms with E-state index in [2.05, 4.69) is 0 Å². The lowest BCUT2D eigenvalue weighted by Crippen LogP contribution is -2.41. The zero-order chi connectivity index (χ0) is 16.1. The fraction of sp³-hybridized carbons (Fsp3) is 0.105. The van der Waals surface area contributed by atoms with Gasteiger partial charge in [0, 0.05) is 12.0 Å². The first-order valence-corrected chi connectivity index (χ1v) is 7.36. The minimum absolute atomic E-state index is 0. The Morgan fingerprint density at radius 2 is 1.44 bits per heavy atom. The average molecular weight is 376 g/mol. The van der Waals surface area contributed by atoms with Crippen LogP contribution in [0.3, 0.4) is 0 Å². The standard InChI is InChI=1S/C19H13NO3.2ClH/c20-19(23)17-16(21)9-14-7-12-5-10-3-1-2-4-11(10)6-13(12)8-15(14)18(17)22;;/h1-8,17H,9H2,(H2,20,23);2*1H. The van der Waals surface area contributed by atoms with Crippen molar-refractivity contribution in [2.75, 3.05) is 0 Å². The van der Waals surface area contributed by atoms with Gasteiger partial charge in [0.15, 0.2) is 17.5 Å². The summed E-state index contributed by atoms with van der Waals surface area (Å²) < 4.78 is 0. The molecule has 1 unspecified atom stereocenters. The average Bonchev–Trinajstić information content (AvgIpc) is 2.51. The Morgan fingerprint density at radius 3 is 2.00 bits per heavy atom. The van der Waals surface area contributed by atoms with Crippen LogP contribution < -0.4 is 5.73 Å². The van der Waals surface area contributed by atoms with Crippen LogP contribution in [-0.2, 0) is 16.0 Å². The topological polar surface area (TPSA) is 77.2 Å². The maximum Gasteiger partial charge on any atom is 0.235 e. The normalized spacial score (nSPS) is 16.1. The van der Waals surface area contributed by atoms with Crippen molar-refractivity contribution < 1.29 is 14.4 Å². The molecule has 1 aliphatic rings. The van der Waals surface area contributed by atoms with E-state index in [9.17, 15) is 14.4 Å². The van der Waals surface area contributed by atoms with E-state index < -0.39 is 23.4 Å². The number of nitrogens with two attached hydrogens (primary N) is 1. The summed E-state index contributed by atoms with van der Waals surface area (Å²) in [4.78, 5) is 35.9. The van der Waals surface area contributed by atoms with E-state index in [4.69, 9.17) is 5.73 Å². The van der Waals surface area contributed by atoms with Crippen LogP contribution in [0.5, 0.6) is 0 Å². The molecule has 0 radical (unpaired) electrons. The molecule has 0 saturated heterocycles. The number of primary amides is 1. The summed E-state index contributed by atoms with van der Waals surface area (Å²) in [6.45, 7) is 0. The summed E-state index contributed by atoms with van der Waals surface area (Å²) >= 11 is 0. The predicted octanol–water partition coefficient (Wildman–Crippen LogP) is 3.25. The fourth-order valence-corrected chi connectivity index (χ4v) is 3.29. The summed E-state index contributed by atoms with van der Waals surface area (Å²) in [6.07, 6.45) is 0.0669. The van der Waals surface area contributed by atoms with Gasteiger partial charge in [-0.1, -0.05) is 24.3 Å². The zero-order valence-electron chi connectivity index (χ0n) is 13.0. The maximum atomic E-state index is 12.5. The minimum Gasteiger partial charge on any atom is -0.369 e. The molecule has 0 bridgehead atoms. The summed E-state index contributed by atoms with van der Waals surface area (Å²) in [5, 5.41) is 4.06. The van der Waals surface area contributed by atoms with E-state index in [-0.39, 0.29) is 31.2 Å². The van der Waals surface area contributed by atoms with Crippen molar-refractivity contribution in [1.82, 2.24) is 0 Å². The molecule has 1 aliphatic carbocycles. The van der Waals surface area contributed by atoms with Crippen molar-refractivity contribution in [2.45, 2.75) is 6.42 Å². The third kappa shape index (κ3) is 2.99. The Bertz CT molecular complexity index is 1030. The van der Waals surface area contributed by atoms with Gasteiger partial charge in [0.1, 0.15) is 0 Å². The van der Waals surface area contributed by atoms with E-state index in [1.54, 1.807) is 6.07 Å². The monoisotopic (exact) mass is 375 g/mol. The minimum atomic E-state index is -1.35. The van der Waals surface area contributed by atoms with Gasteiger partial charge in [-0.05, 0) is 51.4 Å². The van der Waals surface area contributed by atoms with Crippen molar-refractivity contribution in [1.29, 1.82) is 0 Å². The van der Waals surface area contributed by atoms with Gasteiger partial charge in [0.2, 0.25) is 5.91 Å². The molecule has 25 heavy (non-hydrogen) atoms. The van der Waals surface area contributed by atoms with Crippen LogP contribution in [0.25, 0.3) is 21.5 Å². The number of hydrogen-bond acceptors (Lipinski definition) is 3. The molecular formula is C19H15Cl2NO3. The van der Waals surface area contributed by atoms with Crippen molar-refractivity contribution in [3.63, 3.8) is 0 Å². The fourth-order valence-electron chi connectivity index (χ4n) is 3.29. The van der Waals surface area contributed by atoms with Crippen molar-refractivity contribution in [3.05, 3.63) is 59.7 Å². The maximum absolute atomic E-state index is 12.5. The zero-order valence-corrected chi connectivity index (χ0v) is 14.7. The van der Waals surface area contributed by atoms with Gasteiger partial charge in [-0.2, -0.15) is 0 Å². The third-order valence-corrected chi connectivity index (χ3v) is 4.43. The van der Waals surface area contributed by atoms with Crippen LogP contribution >= 0.6 is 24.8 Å². The lowest BCUT2D eigenvalue weighted by Gasteiger charge is -2.20. The first-order valence-electron chi connectivity index (χ1n) is 7.36. The quantitative estimate of drug-likeness (QED) is 0.523. The van der Waals surface area contributed by atoms with Crippen LogP contribution in [0.15, 0.2) is 48.5 Å².